The Morgan fingerprint density at radius 2 is 1.74 bits per heavy atom. The van der Waals surface area contributed by atoms with E-state index in [-0.39, 0.29) is 5.97 Å². The second-order valence-electron chi connectivity index (χ2n) is 3.88. The van der Waals surface area contributed by atoms with Crippen LogP contribution >= 0.6 is 31.9 Å². The van der Waals surface area contributed by atoms with E-state index in [1.54, 1.807) is 13.0 Å². The Morgan fingerprint density at radius 1 is 1.05 bits per heavy atom. The molecule has 0 N–H and O–H groups in total. The molecule has 0 aliphatic carbocycles. The molecule has 4 heteroatoms. The van der Waals surface area contributed by atoms with Crippen molar-refractivity contribution in [3.05, 3.63) is 57.0 Å². The van der Waals surface area contributed by atoms with Crippen molar-refractivity contribution in [2.24, 2.45) is 0 Å². The maximum atomic E-state index is 11.8. The van der Waals surface area contributed by atoms with Crippen LogP contribution in [-0.4, -0.2) is 12.6 Å². The third kappa shape index (κ3) is 3.07. The van der Waals surface area contributed by atoms with Crippen molar-refractivity contribution in [1.82, 2.24) is 0 Å². The highest BCUT2D eigenvalue weighted by Gasteiger charge is 2.16. The molecule has 0 saturated heterocycles. The van der Waals surface area contributed by atoms with Crippen molar-refractivity contribution < 1.29 is 9.53 Å². The van der Waals surface area contributed by atoms with Crippen molar-refractivity contribution in [1.29, 1.82) is 0 Å². The maximum Gasteiger partial charge on any atom is 0.339 e. The minimum absolute atomic E-state index is 0.324. The van der Waals surface area contributed by atoms with Crippen LogP contribution in [-0.2, 0) is 4.74 Å². The van der Waals surface area contributed by atoms with E-state index < -0.39 is 0 Å². The summed E-state index contributed by atoms with van der Waals surface area (Å²) in [4.78, 5) is 11.8. The van der Waals surface area contributed by atoms with Crippen molar-refractivity contribution in [2.45, 2.75) is 6.92 Å². The first-order valence-corrected chi connectivity index (χ1v) is 7.44. The van der Waals surface area contributed by atoms with Crippen molar-refractivity contribution in [2.75, 3.05) is 6.61 Å². The molecular formula is C15H12Br2O2. The lowest BCUT2D eigenvalue weighted by atomic mass is 10.0. The quantitative estimate of drug-likeness (QED) is 0.692. The SMILES string of the molecule is CCOC(=O)c1ccc(-c2ccccc2)c(Br)c1Br. The first-order chi connectivity index (χ1) is 9.15. The summed E-state index contributed by atoms with van der Waals surface area (Å²) in [5.41, 5.74) is 2.64. The van der Waals surface area contributed by atoms with Gasteiger partial charge in [-0.1, -0.05) is 36.4 Å². The number of rotatable bonds is 3. The molecule has 0 spiro atoms. The molecule has 0 aromatic heterocycles. The predicted molar refractivity (Wildman–Crippen MR) is 83.2 cm³/mol. The number of hydrogen-bond donors (Lipinski definition) is 0. The first kappa shape index (κ1) is 14.3. The van der Waals surface area contributed by atoms with Crippen LogP contribution in [0, 0.1) is 0 Å². The minimum atomic E-state index is -0.324. The largest absolute Gasteiger partial charge is 0.462 e. The van der Waals surface area contributed by atoms with Gasteiger partial charge in [0, 0.05) is 8.95 Å². The Morgan fingerprint density at radius 3 is 2.37 bits per heavy atom. The van der Waals surface area contributed by atoms with Crippen LogP contribution in [0.4, 0.5) is 0 Å². The Bertz CT molecular complexity index is 595. The van der Waals surface area contributed by atoms with Crippen molar-refractivity contribution in [3.8, 4) is 11.1 Å². The second kappa shape index (κ2) is 6.35. The van der Waals surface area contributed by atoms with E-state index in [0.29, 0.717) is 16.6 Å². The molecule has 2 aromatic rings. The Hall–Kier alpha value is -1.13. The molecular weight excluding hydrogens is 372 g/mol. The molecule has 0 amide bonds. The smallest absolute Gasteiger partial charge is 0.339 e. The molecule has 0 fully saturated rings. The van der Waals surface area contributed by atoms with Crippen molar-refractivity contribution >= 4 is 37.8 Å². The lowest BCUT2D eigenvalue weighted by Gasteiger charge is -2.10. The third-order valence-corrected chi connectivity index (χ3v) is 4.84. The lowest BCUT2D eigenvalue weighted by Crippen LogP contribution is -2.06. The van der Waals surface area contributed by atoms with Gasteiger partial charge in [0.25, 0.3) is 0 Å². The molecule has 2 nitrogen and oxygen atoms in total. The number of carbonyl (C=O) groups is 1. The molecule has 0 saturated carbocycles. The molecule has 0 aliphatic rings. The van der Waals surface area contributed by atoms with Crippen LogP contribution in [0.25, 0.3) is 11.1 Å². The third-order valence-electron chi connectivity index (χ3n) is 2.66. The summed E-state index contributed by atoms with van der Waals surface area (Å²) in [6, 6.07) is 13.7. The summed E-state index contributed by atoms with van der Waals surface area (Å²) in [7, 11) is 0. The molecule has 2 aromatic carbocycles. The molecule has 0 radical (unpaired) electrons. The van der Waals surface area contributed by atoms with Gasteiger partial charge >= 0.3 is 5.97 Å². The lowest BCUT2D eigenvalue weighted by molar-refractivity contribution is 0.0525. The average Bonchev–Trinajstić information content (AvgIpc) is 2.43. The Balaban J connectivity index is 2.46. The maximum absolute atomic E-state index is 11.8. The number of ether oxygens (including phenoxy) is 1. The number of carbonyl (C=O) groups excluding carboxylic acids is 1. The van der Waals surface area contributed by atoms with Gasteiger partial charge in [-0.05, 0) is 56.0 Å². The molecule has 2 rings (SSSR count). The number of hydrogen-bond acceptors (Lipinski definition) is 2. The molecule has 0 heterocycles. The van der Waals surface area contributed by atoms with Gasteiger partial charge in [-0.15, -0.1) is 0 Å². The zero-order chi connectivity index (χ0) is 13.8. The molecule has 0 aliphatic heterocycles. The highest BCUT2D eigenvalue weighted by Crippen LogP contribution is 2.36. The standard InChI is InChI=1S/C15H12Br2O2/c1-2-19-15(18)12-9-8-11(13(16)14(12)17)10-6-4-3-5-7-10/h3-9H,2H2,1H3. The highest BCUT2D eigenvalue weighted by molar-refractivity contribution is 9.13. The number of benzene rings is 2. The van der Waals surface area contributed by atoms with E-state index >= 15 is 0 Å². The highest BCUT2D eigenvalue weighted by atomic mass is 79.9. The van der Waals surface area contributed by atoms with Crippen LogP contribution in [0.1, 0.15) is 17.3 Å². The summed E-state index contributed by atoms with van der Waals surface area (Å²) in [5, 5.41) is 0. The van der Waals surface area contributed by atoms with E-state index in [4.69, 9.17) is 4.74 Å². The van der Waals surface area contributed by atoms with Gasteiger partial charge in [0.1, 0.15) is 0 Å². The van der Waals surface area contributed by atoms with Crippen molar-refractivity contribution in [3.63, 3.8) is 0 Å². The van der Waals surface area contributed by atoms with Crippen LogP contribution in [0.3, 0.4) is 0 Å². The molecule has 0 unspecified atom stereocenters. The fourth-order valence-corrected chi connectivity index (χ4v) is 2.84. The zero-order valence-electron chi connectivity index (χ0n) is 10.3. The number of halogens is 2. The van der Waals surface area contributed by atoms with E-state index in [1.165, 1.54) is 0 Å². The van der Waals surface area contributed by atoms with Gasteiger partial charge in [-0.25, -0.2) is 4.79 Å². The van der Waals surface area contributed by atoms with Gasteiger partial charge in [0.05, 0.1) is 12.2 Å². The van der Waals surface area contributed by atoms with Crippen LogP contribution in [0.2, 0.25) is 0 Å². The van der Waals surface area contributed by atoms with Crippen LogP contribution < -0.4 is 0 Å². The second-order valence-corrected chi connectivity index (χ2v) is 5.46. The summed E-state index contributed by atoms with van der Waals surface area (Å²) in [6.45, 7) is 2.16. The zero-order valence-corrected chi connectivity index (χ0v) is 13.5. The van der Waals surface area contributed by atoms with Gasteiger partial charge < -0.3 is 4.74 Å². The summed E-state index contributed by atoms with van der Waals surface area (Å²) < 4.78 is 6.59. The summed E-state index contributed by atoms with van der Waals surface area (Å²) >= 11 is 6.98. The Kier molecular flexibility index (Phi) is 4.77. The van der Waals surface area contributed by atoms with Crippen LogP contribution in [0.5, 0.6) is 0 Å². The van der Waals surface area contributed by atoms with Gasteiger partial charge in [0.15, 0.2) is 0 Å². The molecule has 0 bridgehead atoms. The normalized spacial score (nSPS) is 10.3. The minimum Gasteiger partial charge on any atom is -0.462 e. The summed E-state index contributed by atoms with van der Waals surface area (Å²) in [5.74, 6) is -0.324. The molecule has 19 heavy (non-hydrogen) atoms. The topological polar surface area (TPSA) is 26.3 Å². The van der Waals surface area contributed by atoms with Gasteiger partial charge in [-0.3, -0.25) is 0 Å². The Labute approximate surface area is 129 Å². The van der Waals surface area contributed by atoms with E-state index in [0.717, 1.165) is 15.6 Å². The number of esters is 1. The van der Waals surface area contributed by atoms with E-state index in [2.05, 4.69) is 31.9 Å². The fourth-order valence-electron chi connectivity index (χ4n) is 1.76. The van der Waals surface area contributed by atoms with E-state index in [9.17, 15) is 4.79 Å². The monoisotopic (exact) mass is 382 g/mol. The predicted octanol–water partition coefficient (Wildman–Crippen LogP) is 5.06. The molecule has 0 atom stereocenters. The molecule has 98 valence electrons. The van der Waals surface area contributed by atoms with Gasteiger partial charge in [0.2, 0.25) is 0 Å². The van der Waals surface area contributed by atoms with Crippen LogP contribution in [0.15, 0.2) is 51.4 Å². The van der Waals surface area contributed by atoms with E-state index in [1.807, 2.05) is 36.4 Å². The average molecular weight is 384 g/mol. The first-order valence-electron chi connectivity index (χ1n) is 5.85. The fraction of sp³-hybridized carbons (Fsp3) is 0.133. The van der Waals surface area contributed by atoms with Gasteiger partial charge in [-0.2, -0.15) is 0 Å². The summed E-state index contributed by atoms with van der Waals surface area (Å²) in [6.07, 6.45) is 0.